The summed E-state index contributed by atoms with van der Waals surface area (Å²) in [5, 5.41) is 0.223. The van der Waals surface area contributed by atoms with Crippen LogP contribution in [0.1, 0.15) is 39.5 Å². The van der Waals surface area contributed by atoms with E-state index in [1.165, 1.54) is 0 Å². The zero-order chi connectivity index (χ0) is 14.3. The van der Waals surface area contributed by atoms with Gasteiger partial charge in [0.15, 0.2) is 14.4 Å². The van der Waals surface area contributed by atoms with Crippen molar-refractivity contribution < 1.29 is 8.91 Å². The lowest BCUT2D eigenvalue weighted by atomic mass is 9.92. The Morgan fingerprint density at radius 2 is 1.67 bits per heavy atom. The van der Waals surface area contributed by atoms with Crippen molar-refractivity contribution in [3.63, 3.8) is 0 Å². The average molecular weight is 286 g/mol. The summed E-state index contributed by atoms with van der Waals surface area (Å²) in [7, 11) is -3.07. The number of carbonyl (C=O) groups excluding carboxylic acids is 1. The number of hydrogen-bond donors (Lipinski definition) is 0. The van der Waals surface area contributed by atoms with Gasteiger partial charge in [0.25, 0.3) is 8.32 Å². The molecule has 0 aromatic rings. The Kier molecular flexibility index (Phi) is 7.98. The highest BCUT2D eigenvalue weighted by atomic mass is 28.4. The van der Waals surface area contributed by atoms with E-state index < -0.39 is 17.4 Å². The SMILES string of the molecule is C=C(C(=O)[Si](C)(C)O[Si](C)C)C(CCC)CCC. The molecule has 0 aliphatic carbocycles. The Balaban J connectivity index is 4.78. The first-order valence-corrected chi connectivity index (χ1v) is 12.3. The lowest BCUT2D eigenvalue weighted by Gasteiger charge is -2.27. The molecule has 0 spiro atoms. The molecule has 0 aliphatic heterocycles. The molecule has 0 bridgehead atoms. The average Bonchev–Trinajstić information content (AvgIpc) is 2.25. The monoisotopic (exact) mass is 285 g/mol. The molecule has 0 saturated heterocycles. The highest BCUT2D eigenvalue weighted by Crippen LogP contribution is 2.25. The molecule has 1 radical (unpaired) electrons. The molecule has 0 aliphatic rings. The van der Waals surface area contributed by atoms with Crippen molar-refractivity contribution in [1.82, 2.24) is 0 Å². The van der Waals surface area contributed by atoms with Gasteiger partial charge < -0.3 is 4.12 Å². The molecule has 105 valence electrons. The van der Waals surface area contributed by atoms with Gasteiger partial charge in [0.1, 0.15) is 0 Å². The van der Waals surface area contributed by atoms with Crippen molar-refractivity contribution in [3.8, 4) is 0 Å². The van der Waals surface area contributed by atoms with Crippen LogP contribution < -0.4 is 0 Å². The molecular formula is C14H29O2Si2. The Labute approximate surface area is 116 Å². The minimum atomic E-state index is -2.25. The van der Waals surface area contributed by atoms with Gasteiger partial charge in [-0.3, -0.25) is 4.79 Å². The van der Waals surface area contributed by atoms with Gasteiger partial charge in [0, 0.05) is 0 Å². The van der Waals surface area contributed by atoms with Crippen LogP contribution >= 0.6 is 0 Å². The van der Waals surface area contributed by atoms with Crippen molar-refractivity contribution in [2.24, 2.45) is 5.92 Å². The first kappa shape index (κ1) is 17.8. The van der Waals surface area contributed by atoms with E-state index in [1.54, 1.807) is 0 Å². The lowest BCUT2D eigenvalue weighted by Crippen LogP contribution is -2.46. The topological polar surface area (TPSA) is 26.3 Å². The molecule has 0 fully saturated rings. The second-order valence-electron chi connectivity index (χ2n) is 5.65. The molecule has 0 unspecified atom stereocenters. The normalized spacial score (nSPS) is 12.2. The molecule has 18 heavy (non-hydrogen) atoms. The van der Waals surface area contributed by atoms with Gasteiger partial charge in [-0.15, -0.1) is 0 Å². The molecule has 4 heteroatoms. The fourth-order valence-electron chi connectivity index (χ4n) is 2.32. The maximum absolute atomic E-state index is 12.5. The van der Waals surface area contributed by atoms with Crippen LogP contribution in [-0.2, 0) is 8.91 Å². The van der Waals surface area contributed by atoms with Crippen molar-refractivity contribution in [1.29, 1.82) is 0 Å². The van der Waals surface area contributed by atoms with Crippen molar-refractivity contribution >= 4 is 22.8 Å². The van der Waals surface area contributed by atoms with Crippen LogP contribution in [0.15, 0.2) is 12.2 Å². The number of allylic oxidation sites excluding steroid dienone is 1. The fourth-order valence-corrected chi connectivity index (χ4v) is 7.75. The van der Waals surface area contributed by atoms with Crippen LogP contribution in [-0.4, -0.2) is 22.8 Å². The van der Waals surface area contributed by atoms with Gasteiger partial charge >= 0.3 is 0 Å². The number of hydrogen-bond acceptors (Lipinski definition) is 2. The highest BCUT2D eigenvalue weighted by molar-refractivity contribution is 7.04. The largest absolute Gasteiger partial charge is 0.450 e. The van der Waals surface area contributed by atoms with Gasteiger partial charge in [0.05, 0.1) is 0 Å². The number of carbonyl (C=O) groups is 1. The van der Waals surface area contributed by atoms with Crippen LogP contribution in [0.2, 0.25) is 26.2 Å². The van der Waals surface area contributed by atoms with Crippen LogP contribution in [0, 0.1) is 5.92 Å². The predicted molar refractivity (Wildman–Crippen MR) is 83.5 cm³/mol. The summed E-state index contributed by atoms with van der Waals surface area (Å²) in [5.41, 5.74) is 0.818. The van der Waals surface area contributed by atoms with Crippen LogP contribution in [0.5, 0.6) is 0 Å². The van der Waals surface area contributed by atoms with Crippen molar-refractivity contribution in [2.45, 2.75) is 65.7 Å². The maximum Gasteiger partial charge on any atom is 0.253 e. The van der Waals surface area contributed by atoms with E-state index in [1.807, 2.05) is 13.1 Å². The number of rotatable bonds is 9. The third-order valence-electron chi connectivity index (χ3n) is 3.06. The molecule has 2 nitrogen and oxygen atoms in total. The predicted octanol–water partition coefficient (Wildman–Crippen LogP) is 4.34. The van der Waals surface area contributed by atoms with E-state index in [9.17, 15) is 4.79 Å². The van der Waals surface area contributed by atoms with Gasteiger partial charge in [-0.25, -0.2) is 0 Å². The molecular weight excluding hydrogens is 256 g/mol. The summed E-state index contributed by atoms with van der Waals surface area (Å²) < 4.78 is 5.96. The van der Waals surface area contributed by atoms with Crippen molar-refractivity contribution in [3.05, 3.63) is 12.2 Å². The van der Waals surface area contributed by atoms with E-state index in [0.717, 1.165) is 31.3 Å². The summed E-state index contributed by atoms with van der Waals surface area (Å²) in [5.74, 6) is 0.354. The zero-order valence-electron chi connectivity index (χ0n) is 12.9. The molecule has 0 heterocycles. The Morgan fingerprint density at radius 3 is 2.00 bits per heavy atom. The molecule has 0 atom stereocenters. The van der Waals surface area contributed by atoms with Crippen LogP contribution in [0.25, 0.3) is 0 Å². The first-order valence-electron chi connectivity index (χ1n) is 6.99. The molecule has 0 rings (SSSR count). The van der Waals surface area contributed by atoms with Gasteiger partial charge in [-0.05, 0) is 50.5 Å². The van der Waals surface area contributed by atoms with Crippen LogP contribution in [0.3, 0.4) is 0 Å². The molecule has 0 aromatic heterocycles. The van der Waals surface area contributed by atoms with Crippen LogP contribution in [0.4, 0.5) is 0 Å². The van der Waals surface area contributed by atoms with E-state index >= 15 is 0 Å². The summed E-state index contributed by atoms with van der Waals surface area (Å²) in [6.45, 7) is 16.6. The van der Waals surface area contributed by atoms with E-state index in [2.05, 4.69) is 33.5 Å². The molecule has 0 saturated carbocycles. The lowest BCUT2D eigenvalue weighted by molar-refractivity contribution is -0.110. The fraction of sp³-hybridized carbons (Fsp3) is 0.786. The Hall–Kier alpha value is -0.196. The highest BCUT2D eigenvalue weighted by Gasteiger charge is 2.36. The van der Waals surface area contributed by atoms with Gasteiger partial charge in [0.2, 0.25) is 0 Å². The van der Waals surface area contributed by atoms with Gasteiger partial charge in [-0.2, -0.15) is 0 Å². The standard InChI is InChI=1S/C14H29O2Si2/c1-8-10-13(11-9-2)12(3)14(15)18(6,7)16-17(4)5/h13H,3,8-11H2,1-2,4-7H3. The second-order valence-corrected chi connectivity index (χ2v) is 11.8. The smallest absolute Gasteiger partial charge is 0.253 e. The minimum absolute atomic E-state index is 0.223. The van der Waals surface area contributed by atoms with E-state index in [-0.39, 0.29) is 5.41 Å². The molecule has 0 N–H and O–H groups in total. The third kappa shape index (κ3) is 5.63. The quantitative estimate of drug-likeness (QED) is 0.465. The van der Waals surface area contributed by atoms with E-state index in [0.29, 0.717) is 5.92 Å². The minimum Gasteiger partial charge on any atom is -0.450 e. The summed E-state index contributed by atoms with van der Waals surface area (Å²) in [6, 6.07) is 0. The van der Waals surface area contributed by atoms with E-state index in [4.69, 9.17) is 4.12 Å². The Morgan fingerprint density at radius 1 is 1.22 bits per heavy atom. The van der Waals surface area contributed by atoms with Gasteiger partial charge in [-0.1, -0.05) is 33.3 Å². The molecule has 0 aromatic carbocycles. The second kappa shape index (κ2) is 8.07. The Bertz CT molecular complexity index is 280. The van der Waals surface area contributed by atoms with Crippen molar-refractivity contribution in [2.75, 3.05) is 0 Å². The summed E-state index contributed by atoms with van der Waals surface area (Å²) in [4.78, 5) is 12.5. The summed E-state index contributed by atoms with van der Waals surface area (Å²) >= 11 is 0. The summed E-state index contributed by atoms with van der Waals surface area (Å²) in [6.07, 6.45) is 4.35. The molecule has 0 amide bonds. The third-order valence-corrected chi connectivity index (χ3v) is 8.15. The zero-order valence-corrected chi connectivity index (χ0v) is 14.9. The first-order chi connectivity index (χ1) is 8.26. The maximum atomic E-state index is 12.5.